The Bertz CT molecular complexity index is 1130. The summed E-state index contributed by atoms with van der Waals surface area (Å²) in [5.74, 6) is 0.116. The number of methoxy groups -OCH3 is 1. The highest BCUT2D eigenvalue weighted by atomic mass is 32.1. The fraction of sp³-hybridized carbons (Fsp3) is 0.100. The van der Waals surface area contributed by atoms with Crippen molar-refractivity contribution < 1.29 is 13.9 Å². The number of halogens is 1. The smallest absolute Gasteiger partial charge is 0.273 e. The Labute approximate surface area is 158 Å². The third kappa shape index (κ3) is 3.41. The van der Waals surface area contributed by atoms with E-state index >= 15 is 0 Å². The fourth-order valence-electron chi connectivity index (χ4n) is 2.86. The molecule has 1 amide bonds. The zero-order valence-electron chi connectivity index (χ0n) is 14.7. The molecule has 0 unspecified atom stereocenters. The number of aromatic amines is 1. The molecule has 0 aliphatic heterocycles. The number of benzene rings is 2. The summed E-state index contributed by atoms with van der Waals surface area (Å²) in [6.07, 6.45) is 0. The van der Waals surface area contributed by atoms with E-state index in [1.807, 2.05) is 31.2 Å². The van der Waals surface area contributed by atoms with Gasteiger partial charge in [0.15, 0.2) is 5.13 Å². The van der Waals surface area contributed by atoms with Gasteiger partial charge >= 0.3 is 0 Å². The van der Waals surface area contributed by atoms with Gasteiger partial charge in [-0.25, -0.2) is 9.37 Å². The molecular weight excluding hydrogens is 365 g/mol. The molecule has 4 aromatic rings. The van der Waals surface area contributed by atoms with Crippen LogP contribution in [-0.2, 0) is 0 Å². The van der Waals surface area contributed by atoms with Crippen LogP contribution in [0.15, 0.2) is 48.5 Å². The van der Waals surface area contributed by atoms with E-state index in [9.17, 15) is 9.18 Å². The Balaban J connectivity index is 1.57. The zero-order valence-corrected chi connectivity index (χ0v) is 15.5. The van der Waals surface area contributed by atoms with Crippen molar-refractivity contribution >= 4 is 33.3 Å². The lowest BCUT2D eigenvalue weighted by Gasteiger charge is -2.02. The second-order valence-electron chi connectivity index (χ2n) is 6.02. The number of thiazole rings is 1. The highest BCUT2D eigenvalue weighted by Crippen LogP contribution is 2.31. The van der Waals surface area contributed by atoms with Crippen molar-refractivity contribution in [2.75, 3.05) is 12.4 Å². The summed E-state index contributed by atoms with van der Waals surface area (Å²) in [5, 5.41) is 3.96. The van der Waals surface area contributed by atoms with Crippen LogP contribution in [-0.4, -0.2) is 23.0 Å². The topological polar surface area (TPSA) is 67.0 Å². The average Bonchev–Trinajstić information content (AvgIpc) is 3.24. The Hall–Kier alpha value is -3.19. The fourth-order valence-corrected chi connectivity index (χ4v) is 3.69. The number of H-pyrrole nitrogens is 1. The van der Waals surface area contributed by atoms with Crippen molar-refractivity contribution in [2.24, 2.45) is 0 Å². The largest absolute Gasteiger partial charge is 0.497 e. The van der Waals surface area contributed by atoms with Gasteiger partial charge in [0.25, 0.3) is 5.91 Å². The normalized spacial score (nSPS) is 10.9. The average molecular weight is 381 g/mol. The number of carbonyl (C=O) groups is 1. The van der Waals surface area contributed by atoms with Gasteiger partial charge in [0.2, 0.25) is 0 Å². The minimum Gasteiger partial charge on any atom is -0.497 e. The summed E-state index contributed by atoms with van der Waals surface area (Å²) >= 11 is 1.40. The first-order valence-corrected chi connectivity index (χ1v) is 9.06. The Kier molecular flexibility index (Phi) is 4.37. The number of carbonyl (C=O) groups excluding carboxylic acids is 1. The highest BCUT2D eigenvalue weighted by molar-refractivity contribution is 7.16. The number of amides is 1. The molecule has 2 aromatic heterocycles. The second-order valence-corrected chi connectivity index (χ2v) is 7.22. The van der Waals surface area contributed by atoms with Gasteiger partial charge in [-0.2, -0.15) is 0 Å². The number of aromatic nitrogens is 2. The number of anilines is 1. The van der Waals surface area contributed by atoms with Crippen molar-refractivity contribution in [1.82, 2.24) is 9.97 Å². The monoisotopic (exact) mass is 381 g/mol. The molecule has 0 saturated carbocycles. The van der Waals surface area contributed by atoms with Gasteiger partial charge in [-0.3, -0.25) is 10.1 Å². The Morgan fingerprint density at radius 3 is 2.70 bits per heavy atom. The second kappa shape index (κ2) is 6.85. The molecule has 2 heterocycles. The third-order valence-corrected chi connectivity index (χ3v) is 5.09. The molecule has 2 aromatic carbocycles. The molecular formula is C20H16FN3O2S. The predicted molar refractivity (Wildman–Crippen MR) is 105 cm³/mol. The van der Waals surface area contributed by atoms with Crippen LogP contribution in [0.5, 0.6) is 5.75 Å². The molecule has 5 nitrogen and oxygen atoms in total. The summed E-state index contributed by atoms with van der Waals surface area (Å²) in [6, 6.07) is 13.6. The van der Waals surface area contributed by atoms with E-state index in [4.69, 9.17) is 4.74 Å². The SMILES string of the molecule is COc1ccc(-c2nc(NC(=O)c3cc4cc(F)ccc4[nH]3)sc2C)cc1. The number of hydrogen-bond acceptors (Lipinski definition) is 4. The van der Waals surface area contributed by atoms with Crippen molar-refractivity contribution in [3.8, 4) is 17.0 Å². The van der Waals surface area contributed by atoms with Crippen LogP contribution in [0, 0.1) is 12.7 Å². The van der Waals surface area contributed by atoms with Gasteiger partial charge in [-0.05, 0) is 55.5 Å². The van der Waals surface area contributed by atoms with Gasteiger partial charge in [-0.15, -0.1) is 11.3 Å². The standard InChI is InChI=1S/C20H16FN3O2S/c1-11-18(12-3-6-15(26-2)7-4-12)23-20(27-11)24-19(25)17-10-13-9-14(21)5-8-16(13)22-17/h3-10,22H,1-2H3,(H,23,24,25). The van der Waals surface area contributed by atoms with Gasteiger partial charge < -0.3 is 9.72 Å². The van der Waals surface area contributed by atoms with Crippen LogP contribution < -0.4 is 10.1 Å². The van der Waals surface area contributed by atoms with Crippen LogP contribution in [0.4, 0.5) is 9.52 Å². The zero-order chi connectivity index (χ0) is 19.0. The van der Waals surface area contributed by atoms with Crippen LogP contribution in [0.25, 0.3) is 22.2 Å². The van der Waals surface area contributed by atoms with Gasteiger partial charge in [0, 0.05) is 21.3 Å². The summed E-state index contributed by atoms with van der Waals surface area (Å²) in [5.41, 5.74) is 2.83. The summed E-state index contributed by atoms with van der Waals surface area (Å²) < 4.78 is 18.5. The molecule has 0 spiro atoms. The third-order valence-electron chi connectivity index (χ3n) is 4.21. The maximum absolute atomic E-state index is 13.3. The molecule has 27 heavy (non-hydrogen) atoms. The number of ether oxygens (including phenoxy) is 1. The molecule has 136 valence electrons. The van der Waals surface area contributed by atoms with E-state index in [-0.39, 0.29) is 11.7 Å². The van der Waals surface area contributed by atoms with Crippen molar-refractivity contribution in [3.05, 3.63) is 64.9 Å². The quantitative estimate of drug-likeness (QED) is 0.523. The van der Waals surface area contributed by atoms with E-state index in [0.29, 0.717) is 21.7 Å². The molecule has 4 rings (SSSR count). The predicted octanol–water partition coefficient (Wildman–Crippen LogP) is 5.00. The molecule has 2 N–H and O–H groups in total. The molecule has 0 bridgehead atoms. The summed E-state index contributed by atoms with van der Waals surface area (Å²) in [6.45, 7) is 1.96. The minimum atomic E-state index is -0.340. The minimum absolute atomic E-state index is 0.318. The number of rotatable bonds is 4. The number of hydrogen-bond donors (Lipinski definition) is 2. The first-order chi connectivity index (χ1) is 13.0. The van der Waals surface area contributed by atoms with Crippen LogP contribution >= 0.6 is 11.3 Å². The summed E-state index contributed by atoms with van der Waals surface area (Å²) in [7, 11) is 1.62. The number of aryl methyl sites for hydroxylation is 1. The Morgan fingerprint density at radius 2 is 1.96 bits per heavy atom. The van der Waals surface area contributed by atoms with Gasteiger partial charge in [0.05, 0.1) is 12.8 Å². The van der Waals surface area contributed by atoms with Crippen molar-refractivity contribution in [2.45, 2.75) is 6.92 Å². The van der Waals surface area contributed by atoms with Crippen molar-refractivity contribution in [3.63, 3.8) is 0 Å². The first kappa shape index (κ1) is 17.2. The van der Waals surface area contributed by atoms with Crippen LogP contribution in [0.2, 0.25) is 0 Å². The van der Waals surface area contributed by atoms with E-state index < -0.39 is 0 Å². The number of fused-ring (bicyclic) bond motifs is 1. The number of nitrogens with zero attached hydrogens (tertiary/aromatic N) is 1. The van der Waals surface area contributed by atoms with E-state index in [1.165, 1.54) is 23.5 Å². The number of nitrogens with one attached hydrogen (secondary N) is 2. The maximum Gasteiger partial charge on any atom is 0.273 e. The molecule has 0 aliphatic carbocycles. The maximum atomic E-state index is 13.3. The van der Waals surface area contributed by atoms with Gasteiger partial charge in [0.1, 0.15) is 17.3 Å². The van der Waals surface area contributed by atoms with Gasteiger partial charge in [-0.1, -0.05) is 0 Å². The molecule has 0 aliphatic rings. The summed E-state index contributed by atoms with van der Waals surface area (Å²) in [4.78, 5) is 21.1. The molecule has 0 fully saturated rings. The lowest BCUT2D eigenvalue weighted by molar-refractivity contribution is 0.102. The molecule has 7 heteroatoms. The van der Waals surface area contributed by atoms with E-state index in [1.54, 1.807) is 19.2 Å². The van der Waals surface area contributed by atoms with Crippen LogP contribution in [0.1, 0.15) is 15.4 Å². The first-order valence-electron chi connectivity index (χ1n) is 8.25. The molecule has 0 saturated heterocycles. The molecule has 0 radical (unpaired) electrons. The lowest BCUT2D eigenvalue weighted by atomic mass is 10.1. The lowest BCUT2D eigenvalue weighted by Crippen LogP contribution is -2.11. The highest BCUT2D eigenvalue weighted by Gasteiger charge is 2.15. The van der Waals surface area contributed by atoms with E-state index in [0.717, 1.165) is 21.9 Å². The van der Waals surface area contributed by atoms with E-state index in [2.05, 4.69) is 15.3 Å². The molecule has 0 atom stereocenters. The van der Waals surface area contributed by atoms with Crippen LogP contribution in [0.3, 0.4) is 0 Å². The van der Waals surface area contributed by atoms with Crippen molar-refractivity contribution in [1.29, 1.82) is 0 Å². The Morgan fingerprint density at radius 1 is 1.19 bits per heavy atom.